The summed E-state index contributed by atoms with van der Waals surface area (Å²) >= 11 is 0. The Kier molecular flexibility index (Phi) is 41.5. The Balaban J connectivity index is 0.000000199. The minimum absolute atomic E-state index is 0.0187. The molecule has 139 heavy (non-hydrogen) atoms. The van der Waals surface area contributed by atoms with Crippen LogP contribution in [0.4, 0.5) is 33.6 Å². The number of rotatable bonds is 7. The van der Waals surface area contributed by atoms with Crippen LogP contribution in [0.5, 0.6) is 0 Å². The van der Waals surface area contributed by atoms with Crippen molar-refractivity contribution in [2.24, 2.45) is 21.7 Å². The predicted octanol–water partition coefficient (Wildman–Crippen LogP) is 21.9. The highest BCUT2D eigenvalue weighted by atomic mass is 16.6. The zero-order chi connectivity index (χ0) is 104. The van der Waals surface area contributed by atoms with E-state index in [2.05, 4.69) is 131 Å². The Morgan fingerprint density at radius 3 is 0.705 bits per heavy atom. The Morgan fingerprint density at radius 2 is 0.381 bits per heavy atom. The molecule has 0 N–H and O–H groups in total. The molecule has 14 heterocycles. The van der Waals surface area contributed by atoms with Crippen molar-refractivity contribution in [1.29, 1.82) is 0 Å². The van der Waals surface area contributed by atoms with Crippen LogP contribution >= 0.6 is 0 Å². The summed E-state index contributed by atoms with van der Waals surface area (Å²) in [6.07, 6.45) is 25.8. The van der Waals surface area contributed by atoms with E-state index in [4.69, 9.17) is 33.2 Å². The first-order valence-corrected chi connectivity index (χ1v) is 55.2. The standard InChI is InChI=1S/C17H32N2O2.4C16H30N2O2.2C15H28N2O2/c1-14(2)18-11-8-17(9-12-18)7-6-10-19(13-17)15(20)21-16(3,4)5;1-13(2)17-9-6-16(7-10-17)8-11-18(12-16)14(19)20-15(3,4)5;1-13(2)17-10-6-8-16(12-17)9-7-11-18(16)14(19)20-15(3,4)5;1-13(2)17-11-8-16(9-12-17)7-6-10-18(16)14(19)20-15(3,4)5;1-13(2)17-9-6-7-16(11-17)8-10-18(12-16)14(19)20-15(3,4)5;1-12(2)16-8-6-15(7-9-16)10-17(11-15)13(18)19-14(3,4)5;1-12(2)16-9-6-7-15(11-16)8-10-17(15)13(18)19-14(3,4)5/h14H,6-13H2,1-5H3;4*13H,6-12H2,1-5H3;2*12H,6-11H2,1-5H3. The molecule has 0 aliphatic carbocycles. The van der Waals surface area contributed by atoms with Crippen molar-refractivity contribution in [1.82, 2.24) is 68.6 Å². The van der Waals surface area contributed by atoms with Crippen LogP contribution in [0.15, 0.2) is 0 Å². The van der Waals surface area contributed by atoms with Gasteiger partial charge in [-0.25, -0.2) is 33.6 Å². The number of amides is 7. The van der Waals surface area contributed by atoms with Crippen LogP contribution in [0, 0.1) is 21.7 Å². The van der Waals surface area contributed by atoms with Crippen molar-refractivity contribution in [3.05, 3.63) is 0 Å². The van der Waals surface area contributed by atoms with E-state index < -0.39 is 33.6 Å². The van der Waals surface area contributed by atoms with Gasteiger partial charge < -0.3 is 92.0 Å². The first-order chi connectivity index (χ1) is 64.0. The fourth-order valence-corrected chi connectivity index (χ4v) is 23.7. The number of nitrogens with zero attached hydrogens (tertiary/aromatic N) is 14. The maximum Gasteiger partial charge on any atom is 0.410 e. The third kappa shape index (κ3) is 35.7. The molecule has 806 valence electrons. The first-order valence-electron chi connectivity index (χ1n) is 55.2. The molecule has 28 nitrogen and oxygen atoms in total. The Labute approximate surface area is 846 Å². The molecule has 0 saturated carbocycles. The number of likely N-dealkylation sites (tertiary alicyclic amines) is 14. The molecular weight excluding hydrogens is 1750 g/mol. The van der Waals surface area contributed by atoms with Crippen molar-refractivity contribution in [3.63, 3.8) is 0 Å². The van der Waals surface area contributed by atoms with Gasteiger partial charge in [-0.1, -0.05) is 0 Å². The molecule has 14 aliphatic heterocycles. The molecule has 7 amide bonds. The van der Waals surface area contributed by atoms with Crippen LogP contribution in [-0.2, 0) is 33.2 Å². The Hall–Kier alpha value is -5.39. The van der Waals surface area contributed by atoms with E-state index in [1.165, 1.54) is 116 Å². The van der Waals surface area contributed by atoms with E-state index in [-0.39, 0.29) is 64.9 Å². The molecule has 7 spiro atoms. The van der Waals surface area contributed by atoms with Gasteiger partial charge in [0.25, 0.3) is 0 Å². The van der Waals surface area contributed by atoms with Crippen molar-refractivity contribution in [2.45, 2.75) is 488 Å². The molecule has 3 unspecified atom stereocenters. The lowest BCUT2D eigenvalue weighted by atomic mass is 9.72. The zero-order valence-electron chi connectivity index (χ0n) is 95.5. The minimum atomic E-state index is -0.409. The van der Waals surface area contributed by atoms with Gasteiger partial charge in [0.05, 0.1) is 11.1 Å². The average molecular weight is 1960 g/mol. The molecular formula is C111H208N14O14. The number of hydrogen-bond acceptors (Lipinski definition) is 21. The summed E-state index contributed by atoms with van der Waals surface area (Å²) in [4.78, 5) is 117. The highest BCUT2D eigenvalue weighted by Gasteiger charge is 2.55. The summed E-state index contributed by atoms with van der Waals surface area (Å²) in [5.41, 5.74) is -1.30. The van der Waals surface area contributed by atoms with Crippen molar-refractivity contribution in [2.75, 3.05) is 164 Å². The third-order valence-corrected chi connectivity index (χ3v) is 31.9. The van der Waals surface area contributed by atoms with Crippen LogP contribution in [0.1, 0.15) is 390 Å². The lowest BCUT2D eigenvalue weighted by Crippen LogP contribution is -2.69. The van der Waals surface area contributed by atoms with E-state index in [0.29, 0.717) is 64.0 Å². The number of carbonyl (C=O) groups excluding carboxylic acids is 7. The van der Waals surface area contributed by atoms with Gasteiger partial charge in [-0.3, -0.25) is 9.80 Å². The quantitative estimate of drug-likeness (QED) is 0.216. The molecule has 0 radical (unpaired) electrons. The fraction of sp³-hybridized carbons (Fsp3) is 0.937. The van der Waals surface area contributed by atoms with Crippen LogP contribution in [-0.4, -0.2) is 373 Å². The minimum Gasteiger partial charge on any atom is -0.444 e. The molecule has 0 aromatic rings. The monoisotopic (exact) mass is 1960 g/mol. The highest BCUT2D eigenvalue weighted by Crippen LogP contribution is 2.48. The van der Waals surface area contributed by atoms with E-state index in [9.17, 15) is 33.6 Å². The maximum absolute atomic E-state index is 12.5. The first kappa shape index (κ1) is 119. The third-order valence-electron chi connectivity index (χ3n) is 31.9. The van der Waals surface area contributed by atoms with Gasteiger partial charge in [-0.05, 0) is 460 Å². The van der Waals surface area contributed by atoms with Gasteiger partial charge in [0.2, 0.25) is 0 Å². The molecule has 14 fully saturated rings. The molecule has 14 rings (SSSR count). The fourth-order valence-electron chi connectivity index (χ4n) is 23.7. The summed E-state index contributed by atoms with van der Waals surface area (Å²) in [6, 6.07) is 4.21. The summed E-state index contributed by atoms with van der Waals surface area (Å²) in [5.74, 6) is 0. The summed E-state index contributed by atoms with van der Waals surface area (Å²) < 4.78 is 38.7. The van der Waals surface area contributed by atoms with Gasteiger partial charge in [-0.15, -0.1) is 0 Å². The zero-order valence-corrected chi connectivity index (χ0v) is 95.5. The summed E-state index contributed by atoms with van der Waals surface area (Å²) in [6.45, 7) is 97.4. The summed E-state index contributed by atoms with van der Waals surface area (Å²) in [5, 5.41) is 0. The highest BCUT2D eigenvalue weighted by molar-refractivity contribution is 5.73. The van der Waals surface area contributed by atoms with Gasteiger partial charge in [0.1, 0.15) is 39.2 Å². The van der Waals surface area contributed by atoms with E-state index in [0.717, 1.165) is 195 Å². The molecule has 3 atom stereocenters. The molecule has 0 aromatic carbocycles. The number of ether oxygens (including phenoxy) is 7. The topological polar surface area (TPSA) is 229 Å². The largest absolute Gasteiger partial charge is 0.444 e. The van der Waals surface area contributed by atoms with E-state index >= 15 is 0 Å². The van der Waals surface area contributed by atoms with Crippen molar-refractivity contribution in [3.8, 4) is 0 Å². The smallest absolute Gasteiger partial charge is 0.410 e. The molecule has 14 aliphatic rings. The van der Waals surface area contributed by atoms with Gasteiger partial charge in [0, 0.05) is 163 Å². The normalized spacial score (nSPS) is 25.7. The summed E-state index contributed by atoms with van der Waals surface area (Å²) in [7, 11) is 0. The molecule has 14 saturated heterocycles. The lowest BCUT2D eigenvalue weighted by molar-refractivity contribution is -0.0784. The second-order valence-electron chi connectivity index (χ2n) is 53.7. The second kappa shape index (κ2) is 48.5. The Bertz CT molecular complexity index is 3840. The molecule has 0 aromatic heterocycles. The SMILES string of the molecule is CC(C)N1CCC2(CC1)CN(C(=O)OC(C)(C)C)C2.CC(C)N1CCC2(CCCN(C(=O)OC(C)(C)C)C2)CC1.CC(C)N1CCC2(CCCN2C(=O)OC(C)(C)C)CC1.CC(C)N1CCC2(CCN(C(=O)OC(C)(C)C)C2)CC1.CC(C)N1CCCC2(CCCN2C(=O)OC(C)(C)C)C1.CC(C)N1CCCC2(CCN(C(=O)OC(C)(C)C)C2)C1.CC(C)N1CCCC2(CCN2C(=O)OC(C)(C)C)C1. The average Bonchev–Trinajstić information content (AvgIpc) is 1.58. The predicted molar refractivity (Wildman–Crippen MR) is 561 cm³/mol. The Morgan fingerprint density at radius 1 is 0.180 bits per heavy atom. The number of carbonyl (C=O) groups is 7. The van der Waals surface area contributed by atoms with Crippen molar-refractivity contribution >= 4 is 42.7 Å². The number of piperidine rings is 8. The van der Waals surface area contributed by atoms with Crippen LogP contribution in [0.2, 0.25) is 0 Å². The van der Waals surface area contributed by atoms with Crippen molar-refractivity contribution < 1.29 is 66.7 Å². The van der Waals surface area contributed by atoms with Gasteiger partial charge >= 0.3 is 42.7 Å². The second-order valence-corrected chi connectivity index (χ2v) is 53.7. The number of hydrogen-bond donors (Lipinski definition) is 0. The lowest BCUT2D eigenvalue weighted by Gasteiger charge is -2.57. The van der Waals surface area contributed by atoms with Crippen LogP contribution in [0.25, 0.3) is 0 Å². The van der Waals surface area contributed by atoms with Gasteiger partial charge in [-0.2, -0.15) is 0 Å². The molecule has 0 bridgehead atoms. The van der Waals surface area contributed by atoms with Crippen LogP contribution in [0.3, 0.4) is 0 Å². The van der Waals surface area contributed by atoms with E-state index in [1.54, 1.807) is 0 Å². The van der Waals surface area contributed by atoms with Crippen LogP contribution < -0.4 is 0 Å². The van der Waals surface area contributed by atoms with Gasteiger partial charge in [0.15, 0.2) is 0 Å². The maximum atomic E-state index is 12.5. The van der Waals surface area contributed by atoms with E-state index in [1.807, 2.05) is 180 Å². The molecule has 28 heteroatoms.